The highest BCUT2D eigenvalue weighted by molar-refractivity contribution is 9.10. The van der Waals surface area contributed by atoms with Crippen LogP contribution in [-0.4, -0.2) is 39.4 Å². The molecule has 0 aromatic heterocycles. The first-order valence-corrected chi connectivity index (χ1v) is 9.34. The lowest BCUT2D eigenvalue weighted by Crippen LogP contribution is -2.44. The zero-order valence-corrected chi connectivity index (χ0v) is 14.8. The zero-order valence-electron chi connectivity index (χ0n) is 12.4. The molecular formula is C14H22BrN3O2S. The number of aryl methyl sites for hydroxylation is 1. The summed E-state index contributed by atoms with van der Waals surface area (Å²) in [4.78, 5) is 0. The van der Waals surface area contributed by atoms with E-state index in [4.69, 9.17) is 0 Å². The van der Waals surface area contributed by atoms with Gasteiger partial charge in [-0.05, 0) is 63.0 Å². The van der Waals surface area contributed by atoms with Crippen molar-refractivity contribution in [1.29, 1.82) is 0 Å². The Hall–Kier alpha value is -0.630. The van der Waals surface area contributed by atoms with Crippen LogP contribution in [0.15, 0.2) is 22.7 Å². The van der Waals surface area contributed by atoms with E-state index in [1.54, 1.807) is 10.4 Å². The van der Waals surface area contributed by atoms with Crippen LogP contribution in [0, 0.1) is 12.8 Å². The lowest BCUT2D eigenvalue weighted by Gasteiger charge is -2.32. The third kappa shape index (κ3) is 4.42. The molecule has 0 bridgehead atoms. The molecule has 1 heterocycles. The van der Waals surface area contributed by atoms with Crippen LogP contribution in [0.1, 0.15) is 18.4 Å². The second-order valence-electron chi connectivity index (χ2n) is 5.50. The predicted molar refractivity (Wildman–Crippen MR) is 89.6 cm³/mol. The van der Waals surface area contributed by atoms with Crippen molar-refractivity contribution >= 4 is 31.8 Å². The first-order chi connectivity index (χ1) is 9.92. The van der Waals surface area contributed by atoms with Gasteiger partial charge in [0.1, 0.15) is 0 Å². The van der Waals surface area contributed by atoms with Crippen LogP contribution >= 0.6 is 15.9 Å². The van der Waals surface area contributed by atoms with Gasteiger partial charge in [-0.3, -0.25) is 4.72 Å². The van der Waals surface area contributed by atoms with Gasteiger partial charge >= 0.3 is 10.2 Å². The van der Waals surface area contributed by atoms with Crippen LogP contribution in [0.5, 0.6) is 0 Å². The molecule has 0 radical (unpaired) electrons. The zero-order chi connectivity index (χ0) is 15.5. The Labute approximate surface area is 135 Å². The summed E-state index contributed by atoms with van der Waals surface area (Å²) in [5, 5.41) is 3.13. The number of nitrogens with one attached hydrogen (secondary N) is 2. The smallest absolute Gasteiger partial charge is 0.301 e. The van der Waals surface area contributed by atoms with Gasteiger partial charge in [-0.15, -0.1) is 0 Å². The van der Waals surface area contributed by atoms with Crippen LogP contribution in [-0.2, 0) is 10.2 Å². The number of halogens is 1. The predicted octanol–water partition coefficient (Wildman–Crippen LogP) is 2.35. The Bertz CT molecular complexity index is 590. The van der Waals surface area contributed by atoms with Crippen molar-refractivity contribution in [3.05, 3.63) is 28.2 Å². The van der Waals surface area contributed by atoms with E-state index in [-0.39, 0.29) is 0 Å². The molecule has 1 saturated heterocycles. The van der Waals surface area contributed by atoms with Crippen LogP contribution in [0.2, 0.25) is 0 Å². The summed E-state index contributed by atoms with van der Waals surface area (Å²) >= 11 is 3.42. The van der Waals surface area contributed by atoms with Crippen molar-refractivity contribution < 1.29 is 8.42 Å². The van der Waals surface area contributed by atoms with Gasteiger partial charge in [0.2, 0.25) is 0 Å². The minimum atomic E-state index is -3.48. The largest absolute Gasteiger partial charge is 0.319 e. The fourth-order valence-electron chi connectivity index (χ4n) is 2.62. The molecule has 1 aliphatic heterocycles. The Morgan fingerprint density at radius 2 is 2.19 bits per heavy atom. The fraction of sp³-hybridized carbons (Fsp3) is 0.571. The van der Waals surface area contributed by atoms with Gasteiger partial charge in [0.25, 0.3) is 0 Å². The molecule has 0 amide bonds. The van der Waals surface area contributed by atoms with E-state index in [2.05, 4.69) is 26.0 Å². The molecule has 1 aromatic rings. The summed E-state index contributed by atoms with van der Waals surface area (Å²) in [7, 11) is -1.58. The number of hydrogen-bond acceptors (Lipinski definition) is 3. The summed E-state index contributed by atoms with van der Waals surface area (Å²) in [6.07, 6.45) is 1.98. The third-order valence-corrected chi connectivity index (χ3v) is 6.11. The maximum atomic E-state index is 12.5. The molecule has 0 spiro atoms. The van der Waals surface area contributed by atoms with Gasteiger partial charge in [0, 0.05) is 17.6 Å². The number of nitrogens with zero attached hydrogens (tertiary/aromatic N) is 1. The monoisotopic (exact) mass is 375 g/mol. The molecule has 2 N–H and O–H groups in total. The van der Waals surface area contributed by atoms with E-state index in [0.29, 0.717) is 24.7 Å². The number of rotatable bonds is 5. The first kappa shape index (κ1) is 16.7. The second kappa shape index (κ2) is 7.09. The normalized spacial score (nSPS) is 20.4. The summed E-state index contributed by atoms with van der Waals surface area (Å²) in [5.41, 5.74) is 1.60. The van der Waals surface area contributed by atoms with Gasteiger partial charge in [-0.25, -0.2) is 0 Å². The molecule has 5 nitrogen and oxygen atoms in total. The Morgan fingerprint density at radius 1 is 1.43 bits per heavy atom. The molecule has 0 saturated carbocycles. The maximum absolute atomic E-state index is 12.5. The molecule has 0 aliphatic carbocycles. The van der Waals surface area contributed by atoms with Crippen LogP contribution in [0.3, 0.4) is 0 Å². The molecule has 1 fully saturated rings. The number of piperidine rings is 1. The number of anilines is 1. The summed E-state index contributed by atoms with van der Waals surface area (Å²) < 4.78 is 30.2. The van der Waals surface area contributed by atoms with Crippen LogP contribution < -0.4 is 10.0 Å². The van der Waals surface area contributed by atoms with Crippen molar-refractivity contribution in [2.75, 3.05) is 31.4 Å². The standard InChI is InChI=1S/C14H22BrN3O2S/c1-11-8-13(5-6-14(11)15)17-21(19,20)18-7-3-4-12(10-18)9-16-2/h5-6,8,12,16-17H,3-4,7,9-10H2,1-2H3. The van der Waals surface area contributed by atoms with Crippen molar-refractivity contribution in [2.24, 2.45) is 5.92 Å². The van der Waals surface area contributed by atoms with E-state index in [1.165, 1.54) is 0 Å². The average molecular weight is 376 g/mol. The Kier molecular flexibility index (Phi) is 5.65. The fourth-order valence-corrected chi connectivity index (χ4v) is 4.20. The van der Waals surface area contributed by atoms with E-state index in [0.717, 1.165) is 29.4 Å². The SMILES string of the molecule is CNCC1CCCN(S(=O)(=O)Nc2ccc(Br)c(C)c2)C1. The summed E-state index contributed by atoms with van der Waals surface area (Å²) in [6, 6.07) is 5.45. The lowest BCUT2D eigenvalue weighted by atomic mass is 10.00. The van der Waals surface area contributed by atoms with E-state index < -0.39 is 10.2 Å². The minimum absolute atomic E-state index is 0.381. The highest BCUT2D eigenvalue weighted by atomic mass is 79.9. The molecule has 7 heteroatoms. The number of benzene rings is 1. The molecule has 118 valence electrons. The highest BCUT2D eigenvalue weighted by Gasteiger charge is 2.28. The lowest BCUT2D eigenvalue weighted by molar-refractivity contribution is 0.264. The molecule has 1 atom stereocenters. The molecular weight excluding hydrogens is 354 g/mol. The summed E-state index contributed by atoms with van der Waals surface area (Å²) in [5.74, 6) is 0.381. The molecule has 2 rings (SSSR count). The average Bonchev–Trinajstić information content (AvgIpc) is 2.43. The van der Waals surface area contributed by atoms with Crippen LogP contribution in [0.25, 0.3) is 0 Å². The second-order valence-corrected chi connectivity index (χ2v) is 8.02. The van der Waals surface area contributed by atoms with Crippen molar-refractivity contribution in [2.45, 2.75) is 19.8 Å². The van der Waals surface area contributed by atoms with Crippen molar-refractivity contribution in [3.8, 4) is 0 Å². The van der Waals surface area contributed by atoms with E-state index in [1.807, 2.05) is 26.1 Å². The highest BCUT2D eigenvalue weighted by Crippen LogP contribution is 2.23. The van der Waals surface area contributed by atoms with Crippen LogP contribution in [0.4, 0.5) is 5.69 Å². The van der Waals surface area contributed by atoms with Crippen molar-refractivity contribution in [3.63, 3.8) is 0 Å². The van der Waals surface area contributed by atoms with E-state index >= 15 is 0 Å². The molecule has 21 heavy (non-hydrogen) atoms. The molecule has 1 unspecified atom stereocenters. The van der Waals surface area contributed by atoms with Gasteiger partial charge in [0.15, 0.2) is 0 Å². The van der Waals surface area contributed by atoms with Crippen molar-refractivity contribution in [1.82, 2.24) is 9.62 Å². The Balaban J connectivity index is 2.08. The molecule has 1 aliphatic rings. The van der Waals surface area contributed by atoms with Gasteiger partial charge in [0.05, 0.1) is 5.69 Å². The number of hydrogen-bond donors (Lipinski definition) is 2. The summed E-state index contributed by atoms with van der Waals surface area (Å²) in [6.45, 7) is 3.95. The van der Waals surface area contributed by atoms with Gasteiger partial charge in [-0.1, -0.05) is 15.9 Å². The topological polar surface area (TPSA) is 61.4 Å². The Morgan fingerprint density at radius 3 is 2.86 bits per heavy atom. The maximum Gasteiger partial charge on any atom is 0.301 e. The van der Waals surface area contributed by atoms with E-state index in [9.17, 15) is 8.42 Å². The quantitative estimate of drug-likeness (QED) is 0.829. The molecule has 1 aromatic carbocycles. The van der Waals surface area contributed by atoms with Gasteiger partial charge in [-0.2, -0.15) is 12.7 Å². The van der Waals surface area contributed by atoms with Gasteiger partial charge < -0.3 is 5.32 Å². The minimum Gasteiger partial charge on any atom is -0.319 e. The third-order valence-electron chi connectivity index (χ3n) is 3.72. The first-order valence-electron chi connectivity index (χ1n) is 7.11.